The molecule has 2 atom stereocenters. The van der Waals surface area contributed by atoms with E-state index in [0.29, 0.717) is 0 Å². The fourth-order valence-electron chi connectivity index (χ4n) is 2.09. The third-order valence-electron chi connectivity index (χ3n) is 4.18. The van der Waals surface area contributed by atoms with Crippen LogP contribution in [0.25, 0.3) is 0 Å². The summed E-state index contributed by atoms with van der Waals surface area (Å²) in [6.07, 6.45) is 0. The normalized spacial score (nSPS) is 36.6. The maximum Gasteiger partial charge on any atom is 0.181 e. The first kappa shape index (κ1) is 11.3. The van der Waals surface area contributed by atoms with Crippen LogP contribution in [0.1, 0.15) is 33.3 Å². The van der Waals surface area contributed by atoms with E-state index in [1.807, 2.05) is 51.1 Å². The van der Waals surface area contributed by atoms with Crippen molar-refractivity contribution < 1.29 is 5.11 Å². The van der Waals surface area contributed by atoms with Gasteiger partial charge in [-0.3, -0.25) is 0 Å². The predicted octanol–water partition coefficient (Wildman–Crippen LogP) is 3.10. The summed E-state index contributed by atoms with van der Waals surface area (Å²) in [5.74, 6) is 0. The highest BCUT2D eigenvalue weighted by molar-refractivity contribution is 5.29. The quantitative estimate of drug-likeness (QED) is 0.773. The van der Waals surface area contributed by atoms with E-state index in [1.54, 1.807) is 6.92 Å². The highest BCUT2D eigenvalue weighted by Crippen LogP contribution is 2.54. The molecule has 0 aromatic heterocycles. The fraction of sp³-hybridized carbons (Fsp3) is 0.538. The van der Waals surface area contributed by atoms with Crippen molar-refractivity contribution in [1.29, 1.82) is 0 Å². The van der Waals surface area contributed by atoms with E-state index in [1.165, 1.54) is 0 Å². The second-order valence-electron chi connectivity index (χ2n) is 5.28. The Hall–Kier alpha value is -1.22. The molecule has 0 saturated heterocycles. The molecule has 1 N–H and O–H groups in total. The number of benzene rings is 1. The van der Waals surface area contributed by atoms with Gasteiger partial charge in [-0.25, -0.2) is 0 Å². The third kappa shape index (κ3) is 1.24. The van der Waals surface area contributed by atoms with Crippen LogP contribution in [0.5, 0.6) is 0 Å². The molecular formula is C13H18N2O. The lowest BCUT2D eigenvalue weighted by molar-refractivity contribution is -0.0548. The first-order chi connectivity index (χ1) is 7.31. The van der Waals surface area contributed by atoms with Crippen LogP contribution < -0.4 is 0 Å². The van der Waals surface area contributed by atoms with Crippen LogP contribution in [0.15, 0.2) is 40.6 Å². The van der Waals surface area contributed by atoms with E-state index in [4.69, 9.17) is 0 Å². The van der Waals surface area contributed by atoms with E-state index < -0.39 is 16.7 Å². The smallest absolute Gasteiger partial charge is 0.181 e. The van der Waals surface area contributed by atoms with Gasteiger partial charge in [0, 0.05) is 5.41 Å². The molecule has 0 bridgehead atoms. The molecule has 0 saturated carbocycles. The summed E-state index contributed by atoms with van der Waals surface area (Å²) in [4.78, 5) is 0. The highest BCUT2D eigenvalue weighted by Gasteiger charge is 2.58. The largest absolute Gasteiger partial charge is 0.367 e. The molecular weight excluding hydrogens is 200 g/mol. The summed E-state index contributed by atoms with van der Waals surface area (Å²) < 4.78 is 0. The second kappa shape index (κ2) is 3.14. The summed E-state index contributed by atoms with van der Waals surface area (Å²) >= 11 is 0. The molecule has 0 unspecified atom stereocenters. The molecule has 0 aliphatic carbocycles. The van der Waals surface area contributed by atoms with Crippen molar-refractivity contribution in [1.82, 2.24) is 0 Å². The standard InChI is InChI=1S/C13H18N2O/c1-11(2)12(3,14-15-13(11,4)16)10-8-6-5-7-9-10/h5-9,16H,1-4H3/t12-,13-/m1/s1. The van der Waals surface area contributed by atoms with Gasteiger partial charge in [0.1, 0.15) is 5.54 Å². The molecule has 0 fully saturated rings. The minimum Gasteiger partial charge on any atom is -0.367 e. The average Bonchev–Trinajstić information content (AvgIpc) is 2.41. The zero-order valence-electron chi connectivity index (χ0n) is 10.2. The molecule has 1 aromatic carbocycles. The van der Waals surface area contributed by atoms with Crippen molar-refractivity contribution in [3.8, 4) is 0 Å². The number of rotatable bonds is 1. The van der Waals surface area contributed by atoms with Gasteiger partial charge in [0.2, 0.25) is 0 Å². The third-order valence-corrected chi connectivity index (χ3v) is 4.18. The summed E-state index contributed by atoms with van der Waals surface area (Å²) in [5.41, 5.74) is -0.932. The maximum atomic E-state index is 10.3. The average molecular weight is 218 g/mol. The lowest BCUT2D eigenvalue weighted by atomic mass is 9.65. The van der Waals surface area contributed by atoms with E-state index in [-0.39, 0.29) is 0 Å². The molecule has 0 amide bonds. The topological polar surface area (TPSA) is 45.0 Å². The maximum absolute atomic E-state index is 10.3. The van der Waals surface area contributed by atoms with E-state index in [9.17, 15) is 5.11 Å². The van der Waals surface area contributed by atoms with E-state index >= 15 is 0 Å². The van der Waals surface area contributed by atoms with Crippen LogP contribution in [0.4, 0.5) is 0 Å². The van der Waals surface area contributed by atoms with Crippen LogP contribution in [0.2, 0.25) is 0 Å². The molecule has 1 aliphatic heterocycles. The van der Waals surface area contributed by atoms with Crippen LogP contribution in [0.3, 0.4) is 0 Å². The van der Waals surface area contributed by atoms with Crippen LogP contribution in [-0.4, -0.2) is 10.8 Å². The lowest BCUT2D eigenvalue weighted by Crippen LogP contribution is -2.47. The Kier molecular flexibility index (Phi) is 2.21. The molecule has 16 heavy (non-hydrogen) atoms. The van der Waals surface area contributed by atoms with E-state index in [0.717, 1.165) is 5.56 Å². The van der Waals surface area contributed by atoms with Crippen LogP contribution >= 0.6 is 0 Å². The molecule has 2 rings (SSSR count). The van der Waals surface area contributed by atoms with Crippen LogP contribution in [0, 0.1) is 5.41 Å². The highest BCUT2D eigenvalue weighted by atomic mass is 16.3. The number of aliphatic hydroxyl groups is 1. The minimum absolute atomic E-state index is 0.429. The summed E-state index contributed by atoms with van der Waals surface area (Å²) in [6, 6.07) is 10.0. The Morgan fingerprint density at radius 2 is 1.50 bits per heavy atom. The minimum atomic E-state index is -1.11. The first-order valence-electron chi connectivity index (χ1n) is 5.53. The first-order valence-corrected chi connectivity index (χ1v) is 5.53. The number of azo groups is 1. The molecule has 0 spiro atoms. The van der Waals surface area contributed by atoms with Crippen molar-refractivity contribution in [3.05, 3.63) is 35.9 Å². The molecule has 1 heterocycles. The van der Waals surface area contributed by atoms with Gasteiger partial charge in [-0.05, 0) is 19.4 Å². The SMILES string of the molecule is CC1(C)[C@@](C)(O)N=N[C@]1(C)c1ccccc1. The molecule has 86 valence electrons. The molecule has 3 nitrogen and oxygen atoms in total. The monoisotopic (exact) mass is 218 g/mol. The zero-order valence-corrected chi connectivity index (χ0v) is 10.2. The van der Waals surface area contributed by atoms with E-state index in [2.05, 4.69) is 10.2 Å². The number of nitrogens with zero attached hydrogens (tertiary/aromatic N) is 2. The molecule has 1 aromatic rings. The number of hydrogen-bond acceptors (Lipinski definition) is 3. The summed E-state index contributed by atoms with van der Waals surface area (Å²) in [7, 11) is 0. The van der Waals surface area contributed by atoms with Gasteiger partial charge in [0.15, 0.2) is 5.72 Å². The van der Waals surface area contributed by atoms with Crippen molar-refractivity contribution in [2.24, 2.45) is 15.6 Å². The van der Waals surface area contributed by atoms with Crippen molar-refractivity contribution in [3.63, 3.8) is 0 Å². The predicted molar refractivity (Wildman–Crippen MR) is 63.1 cm³/mol. The lowest BCUT2D eigenvalue weighted by Gasteiger charge is -2.40. The Balaban J connectivity index is 2.54. The second-order valence-corrected chi connectivity index (χ2v) is 5.28. The van der Waals surface area contributed by atoms with Crippen molar-refractivity contribution >= 4 is 0 Å². The van der Waals surface area contributed by atoms with Gasteiger partial charge >= 0.3 is 0 Å². The van der Waals surface area contributed by atoms with Gasteiger partial charge < -0.3 is 5.11 Å². The Morgan fingerprint density at radius 3 is 1.94 bits per heavy atom. The fourth-order valence-corrected chi connectivity index (χ4v) is 2.09. The van der Waals surface area contributed by atoms with Crippen LogP contribution in [-0.2, 0) is 5.54 Å². The Morgan fingerprint density at radius 1 is 0.938 bits per heavy atom. The van der Waals surface area contributed by atoms with Gasteiger partial charge in [-0.2, -0.15) is 10.2 Å². The van der Waals surface area contributed by atoms with Gasteiger partial charge in [0.25, 0.3) is 0 Å². The summed E-state index contributed by atoms with van der Waals surface area (Å²) in [6.45, 7) is 7.73. The zero-order chi connectivity index (χ0) is 12.0. The molecule has 0 radical (unpaired) electrons. The van der Waals surface area contributed by atoms with Gasteiger partial charge in [-0.1, -0.05) is 44.2 Å². The Labute approximate surface area is 96.2 Å². The Bertz CT molecular complexity index is 423. The van der Waals surface area contributed by atoms with Gasteiger partial charge in [-0.15, -0.1) is 0 Å². The van der Waals surface area contributed by atoms with Crippen molar-refractivity contribution in [2.45, 2.75) is 39.0 Å². The number of hydrogen-bond donors (Lipinski definition) is 1. The van der Waals surface area contributed by atoms with Gasteiger partial charge in [0.05, 0.1) is 0 Å². The summed E-state index contributed by atoms with van der Waals surface area (Å²) in [5, 5.41) is 18.6. The molecule has 3 heteroatoms. The van der Waals surface area contributed by atoms with Crippen molar-refractivity contribution in [2.75, 3.05) is 0 Å². The molecule has 1 aliphatic rings.